The van der Waals surface area contributed by atoms with Crippen LogP contribution < -0.4 is 14.8 Å². The molecule has 2 amide bonds. The lowest BCUT2D eigenvalue weighted by atomic mass is 10.0. The van der Waals surface area contributed by atoms with E-state index in [2.05, 4.69) is 12.2 Å². The number of unbranched alkanes of at least 4 members (excludes halogenated alkanes) is 1. The third-order valence-corrected chi connectivity index (χ3v) is 7.41. The van der Waals surface area contributed by atoms with Gasteiger partial charge in [0.2, 0.25) is 11.8 Å². The van der Waals surface area contributed by atoms with Gasteiger partial charge in [0, 0.05) is 25.9 Å². The Kier molecular flexibility index (Phi) is 10.5. The van der Waals surface area contributed by atoms with Crippen molar-refractivity contribution >= 4 is 35.0 Å². The molecule has 39 heavy (non-hydrogen) atoms. The van der Waals surface area contributed by atoms with Gasteiger partial charge in [-0.25, -0.2) is 0 Å². The third kappa shape index (κ3) is 8.13. The number of nitrogens with zero attached hydrogens (tertiary/aromatic N) is 1. The van der Waals surface area contributed by atoms with Crippen LogP contribution in [-0.4, -0.2) is 42.5 Å². The van der Waals surface area contributed by atoms with Crippen LogP contribution in [0, 0.1) is 0 Å². The highest BCUT2D eigenvalue weighted by Crippen LogP contribution is 2.31. The summed E-state index contributed by atoms with van der Waals surface area (Å²) < 4.78 is 11.3. The molecular weight excluding hydrogens is 535 g/mol. The SMILES string of the molecule is CCCCNC(=O)[C@@H](Cc1ccccc1)N(Cc1ccc(Cl)c(Cl)c1)C(=O)CCc1ccc2c(c1)OCCO2. The summed E-state index contributed by atoms with van der Waals surface area (Å²) in [6, 6.07) is 20.1. The number of halogens is 2. The first-order chi connectivity index (χ1) is 18.9. The normalized spacial score (nSPS) is 13.0. The van der Waals surface area contributed by atoms with Gasteiger partial charge in [0.25, 0.3) is 0 Å². The van der Waals surface area contributed by atoms with E-state index in [1.54, 1.807) is 17.0 Å². The molecule has 0 saturated heterocycles. The standard InChI is InChI=1S/C31H34Cl2N2O4/c1-2-3-15-34-31(37)27(19-22-7-5-4-6-8-22)35(21-24-9-12-25(32)26(33)18-24)30(36)14-11-23-10-13-28-29(20-23)39-17-16-38-28/h4-10,12-13,18,20,27H,2-3,11,14-17,19,21H2,1H3,(H,34,37)/t27-/m1/s1. The molecule has 0 saturated carbocycles. The fourth-order valence-corrected chi connectivity index (χ4v) is 4.85. The molecule has 0 unspecified atom stereocenters. The molecule has 8 heteroatoms. The summed E-state index contributed by atoms with van der Waals surface area (Å²) in [4.78, 5) is 29.1. The molecule has 1 aliphatic rings. The Morgan fingerprint density at radius 2 is 1.64 bits per heavy atom. The average molecular weight is 570 g/mol. The molecule has 0 bridgehead atoms. The molecule has 1 N–H and O–H groups in total. The van der Waals surface area contributed by atoms with E-state index in [-0.39, 0.29) is 24.8 Å². The van der Waals surface area contributed by atoms with Crippen molar-refractivity contribution in [3.05, 3.63) is 93.5 Å². The Hall–Kier alpha value is -3.22. The number of benzene rings is 3. The number of carbonyl (C=O) groups excluding carboxylic acids is 2. The highest BCUT2D eigenvalue weighted by atomic mass is 35.5. The van der Waals surface area contributed by atoms with Crippen LogP contribution in [0.15, 0.2) is 66.7 Å². The van der Waals surface area contributed by atoms with Crippen LogP contribution in [0.2, 0.25) is 10.0 Å². The first kappa shape index (κ1) is 28.8. The molecule has 0 aromatic heterocycles. The summed E-state index contributed by atoms with van der Waals surface area (Å²) in [5.74, 6) is 1.11. The molecule has 206 valence electrons. The van der Waals surface area contributed by atoms with Crippen LogP contribution in [0.5, 0.6) is 11.5 Å². The second kappa shape index (κ2) is 14.2. The summed E-state index contributed by atoms with van der Waals surface area (Å²) in [7, 11) is 0. The zero-order valence-electron chi connectivity index (χ0n) is 22.1. The largest absolute Gasteiger partial charge is 0.486 e. The van der Waals surface area contributed by atoms with Crippen LogP contribution in [0.3, 0.4) is 0 Å². The Morgan fingerprint density at radius 3 is 2.38 bits per heavy atom. The number of carbonyl (C=O) groups is 2. The van der Waals surface area contributed by atoms with Gasteiger partial charge in [0.15, 0.2) is 11.5 Å². The number of aryl methyl sites for hydroxylation is 1. The van der Waals surface area contributed by atoms with Crippen molar-refractivity contribution in [3.8, 4) is 11.5 Å². The molecule has 1 heterocycles. The van der Waals surface area contributed by atoms with Gasteiger partial charge in [-0.2, -0.15) is 0 Å². The van der Waals surface area contributed by atoms with Gasteiger partial charge in [0.05, 0.1) is 10.0 Å². The van der Waals surface area contributed by atoms with Crippen LogP contribution in [0.1, 0.15) is 42.9 Å². The van der Waals surface area contributed by atoms with Crippen LogP contribution in [-0.2, 0) is 29.0 Å². The Labute approximate surface area is 240 Å². The van der Waals surface area contributed by atoms with Gasteiger partial charge in [-0.05, 0) is 53.8 Å². The molecule has 3 aromatic rings. The van der Waals surface area contributed by atoms with Crippen molar-refractivity contribution in [1.29, 1.82) is 0 Å². The number of ether oxygens (including phenoxy) is 2. The Bertz CT molecular complexity index is 1270. The minimum atomic E-state index is -0.688. The minimum absolute atomic E-state index is 0.123. The van der Waals surface area contributed by atoms with E-state index in [0.29, 0.717) is 54.1 Å². The fourth-order valence-electron chi connectivity index (χ4n) is 4.53. The maximum atomic E-state index is 13.9. The predicted molar refractivity (Wildman–Crippen MR) is 155 cm³/mol. The van der Waals surface area contributed by atoms with Gasteiger partial charge in [-0.15, -0.1) is 0 Å². The molecule has 4 rings (SSSR count). The Morgan fingerprint density at radius 1 is 0.897 bits per heavy atom. The second-order valence-electron chi connectivity index (χ2n) is 9.60. The van der Waals surface area contributed by atoms with E-state index in [1.165, 1.54) is 0 Å². The van der Waals surface area contributed by atoms with Crippen molar-refractivity contribution in [1.82, 2.24) is 10.2 Å². The van der Waals surface area contributed by atoms with Crippen molar-refractivity contribution in [3.63, 3.8) is 0 Å². The monoisotopic (exact) mass is 568 g/mol. The first-order valence-electron chi connectivity index (χ1n) is 13.4. The van der Waals surface area contributed by atoms with Crippen LogP contribution in [0.4, 0.5) is 0 Å². The quantitative estimate of drug-likeness (QED) is 0.262. The zero-order valence-corrected chi connectivity index (χ0v) is 23.6. The van der Waals surface area contributed by atoms with Gasteiger partial charge < -0.3 is 19.7 Å². The lowest BCUT2D eigenvalue weighted by Gasteiger charge is -2.32. The van der Waals surface area contributed by atoms with E-state index in [0.717, 1.165) is 29.5 Å². The summed E-state index contributed by atoms with van der Waals surface area (Å²) in [6.07, 6.45) is 2.97. The van der Waals surface area contributed by atoms with Crippen molar-refractivity contribution in [2.75, 3.05) is 19.8 Å². The van der Waals surface area contributed by atoms with E-state index in [4.69, 9.17) is 32.7 Å². The van der Waals surface area contributed by atoms with Gasteiger partial charge in [-0.3, -0.25) is 9.59 Å². The summed E-state index contributed by atoms with van der Waals surface area (Å²) in [5, 5.41) is 3.89. The number of amides is 2. The van der Waals surface area contributed by atoms with Crippen LogP contribution in [0.25, 0.3) is 0 Å². The number of rotatable bonds is 12. The predicted octanol–water partition coefficient (Wildman–Crippen LogP) is 6.25. The molecule has 6 nitrogen and oxygen atoms in total. The molecule has 0 aliphatic carbocycles. The molecule has 0 radical (unpaired) electrons. The summed E-state index contributed by atoms with van der Waals surface area (Å²) in [6.45, 7) is 3.90. The molecule has 1 aliphatic heterocycles. The molecule has 0 spiro atoms. The van der Waals surface area contributed by atoms with Crippen molar-refractivity contribution < 1.29 is 19.1 Å². The van der Waals surface area contributed by atoms with Crippen molar-refractivity contribution in [2.24, 2.45) is 0 Å². The lowest BCUT2D eigenvalue weighted by Crippen LogP contribution is -2.50. The summed E-state index contributed by atoms with van der Waals surface area (Å²) in [5.41, 5.74) is 2.75. The third-order valence-electron chi connectivity index (χ3n) is 6.67. The number of hydrogen-bond acceptors (Lipinski definition) is 4. The topological polar surface area (TPSA) is 67.9 Å². The fraction of sp³-hybridized carbons (Fsp3) is 0.355. The minimum Gasteiger partial charge on any atom is -0.486 e. The maximum Gasteiger partial charge on any atom is 0.243 e. The molecular formula is C31H34Cl2N2O4. The maximum absolute atomic E-state index is 13.9. The van der Waals surface area contributed by atoms with Gasteiger partial charge >= 0.3 is 0 Å². The second-order valence-corrected chi connectivity index (χ2v) is 10.4. The molecule has 1 atom stereocenters. The molecule has 0 fully saturated rings. The van der Waals surface area contributed by atoms with E-state index in [9.17, 15) is 9.59 Å². The number of nitrogens with one attached hydrogen (secondary N) is 1. The summed E-state index contributed by atoms with van der Waals surface area (Å²) >= 11 is 12.4. The zero-order chi connectivity index (χ0) is 27.6. The average Bonchev–Trinajstić information content (AvgIpc) is 2.96. The van der Waals surface area contributed by atoms with Crippen LogP contribution >= 0.6 is 23.2 Å². The van der Waals surface area contributed by atoms with Gasteiger partial charge in [0.1, 0.15) is 19.3 Å². The van der Waals surface area contributed by atoms with Crippen molar-refractivity contribution in [2.45, 2.75) is 51.6 Å². The van der Waals surface area contributed by atoms with E-state index < -0.39 is 6.04 Å². The highest BCUT2D eigenvalue weighted by Gasteiger charge is 2.30. The van der Waals surface area contributed by atoms with E-state index in [1.807, 2.05) is 54.6 Å². The number of fused-ring (bicyclic) bond motifs is 1. The smallest absolute Gasteiger partial charge is 0.243 e. The van der Waals surface area contributed by atoms with E-state index >= 15 is 0 Å². The van der Waals surface area contributed by atoms with Gasteiger partial charge in [-0.1, -0.05) is 79.0 Å². The number of hydrogen-bond donors (Lipinski definition) is 1. The lowest BCUT2D eigenvalue weighted by molar-refractivity contribution is -0.141. The highest BCUT2D eigenvalue weighted by molar-refractivity contribution is 6.42. The first-order valence-corrected chi connectivity index (χ1v) is 14.1. The molecule has 3 aromatic carbocycles. The Balaban J connectivity index is 1.59.